The number of likely N-dealkylation sites (tertiary alicyclic amines) is 1. The molecule has 1 unspecified atom stereocenters. The van der Waals surface area contributed by atoms with Gasteiger partial charge in [0.1, 0.15) is 28.9 Å². The molecular formula is C17H18F2N2O3. The van der Waals surface area contributed by atoms with Crippen LogP contribution in [0.5, 0.6) is 0 Å². The van der Waals surface area contributed by atoms with Crippen molar-refractivity contribution >= 4 is 12.0 Å². The van der Waals surface area contributed by atoms with Crippen molar-refractivity contribution in [2.24, 2.45) is 5.92 Å². The second-order valence-corrected chi connectivity index (χ2v) is 6.71. The van der Waals surface area contributed by atoms with Gasteiger partial charge in [-0.2, -0.15) is 5.26 Å². The molecule has 1 aliphatic rings. The van der Waals surface area contributed by atoms with Crippen molar-refractivity contribution in [2.45, 2.75) is 39.2 Å². The molecule has 2 rings (SSSR count). The first-order chi connectivity index (χ1) is 11.1. The second-order valence-electron chi connectivity index (χ2n) is 6.71. The first-order valence-corrected chi connectivity index (χ1v) is 7.54. The van der Waals surface area contributed by atoms with Crippen LogP contribution < -0.4 is 0 Å². The van der Waals surface area contributed by atoms with Crippen molar-refractivity contribution in [2.75, 3.05) is 6.54 Å². The van der Waals surface area contributed by atoms with Gasteiger partial charge in [-0.25, -0.2) is 18.5 Å². The predicted molar refractivity (Wildman–Crippen MR) is 80.8 cm³/mol. The molecule has 1 aromatic carbocycles. The Morgan fingerprint density at radius 1 is 1.38 bits per heavy atom. The third kappa shape index (κ3) is 3.88. The predicted octanol–water partition coefficient (Wildman–Crippen LogP) is 3.16. The maximum Gasteiger partial charge on any atom is 0.417 e. The Balaban J connectivity index is 2.09. The van der Waals surface area contributed by atoms with Crippen LogP contribution in [-0.2, 0) is 16.0 Å². The molecule has 1 fully saturated rings. The van der Waals surface area contributed by atoms with E-state index < -0.39 is 40.7 Å². The van der Waals surface area contributed by atoms with Gasteiger partial charge >= 0.3 is 6.09 Å². The molecule has 1 aromatic rings. The third-order valence-electron chi connectivity index (χ3n) is 3.63. The smallest absolute Gasteiger partial charge is 0.417 e. The number of nitriles is 1. The summed E-state index contributed by atoms with van der Waals surface area (Å²) in [6, 6.07) is 3.54. The molecule has 2 amide bonds. The van der Waals surface area contributed by atoms with Crippen LogP contribution in [0.25, 0.3) is 0 Å². The number of carbonyl (C=O) groups excluding carboxylic acids is 2. The molecule has 24 heavy (non-hydrogen) atoms. The molecule has 0 bridgehead atoms. The number of nitrogens with zero attached hydrogens (tertiary/aromatic N) is 2. The van der Waals surface area contributed by atoms with Crippen LogP contribution in [0.1, 0.15) is 38.3 Å². The highest BCUT2D eigenvalue weighted by Crippen LogP contribution is 2.25. The zero-order valence-electron chi connectivity index (χ0n) is 13.7. The highest BCUT2D eigenvalue weighted by molar-refractivity contribution is 5.95. The van der Waals surface area contributed by atoms with E-state index >= 15 is 0 Å². The van der Waals surface area contributed by atoms with Gasteiger partial charge in [0, 0.05) is 12.5 Å². The summed E-state index contributed by atoms with van der Waals surface area (Å²) in [5.41, 5.74) is -1.09. The maximum atomic E-state index is 13.6. The molecule has 0 aliphatic carbocycles. The molecule has 1 saturated heterocycles. The topological polar surface area (TPSA) is 70.4 Å². The molecule has 5 nitrogen and oxygen atoms in total. The van der Waals surface area contributed by atoms with E-state index in [1.807, 2.05) is 0 Å². The lowest BCUT2D eigenvalue weighted by Gasteiger charge is -2.23. The minimum absolute atomic E-state index is 0.0949. The lowest BCUT2D eigenvalue weighted by atomic mass is 9.97. The molecule has 1 atom stereocenters. The number of rotatable bonds is 2. The van der Waals surface area contributed by atoms with Crippen molar-refractivity contribution in [3.05, 3.63) is 34.9 Å². The number of amides is 2. The summed E-state index contributed by atoms with van der Waals surface area (Å²) in [5, 5.41) is 8.66. The van der Waals surface area contributed by atoms with Gasteiger partial charge in [-0.3, -0.25) is 4.79 Å². The van der Waals surface area contributed by atoms with Crippen molar-refractivity contribution in [3.63, 3.8) is 0 Å². The van der Waals surface area contributed by atoms with E-state index in [-0.39, 0.29) is 18.5 Å². The molecule has 0 radical (unpaired) electrons. The molecule has 0 aromatic heterocycles. The SMILES string of the molecule is CC(C)(C)OC(=O)N1CCC(Cc2cc(F)c(C#N)c(F)c2)C1=O. The van der Waals surface area contributed by atoms with Gasteiger partial charge in [0.05, 0.1) is 0 Å². The summed E-state index contributed by atoms with van der Waals surface area (Å²) in [7, 11) is 0. The summed E-state index contributed by atoms with van der Waals surface area (Å²) in [6.07, 6.45) is -0.230. The first kappa shape index (κ1) is 17.9. The first-order valence-electron chi connectivity index (χ1n) is 7.54. The van der Waals surface area contributed by atoms with Crippen LogP contribution in [0, 0.1) is 28.9 Å². The minimum Gasteiger partial charge on any atom is -0.443 e. The minimum atomic E-state index is -0.957. The fourth-order valence-electron chi connectivity index (χ4n) is 2.56. The highest BCUT2D eigenvalue weighted by atomic mass is 19.1. The van der Waals surface area contributed by atoms with Gasteiger partial charge in [0.2, 0.25) is 5.91 Å². The van der Waals surface area contributed by atoms with Gasteiger partial charge < -0.3 is 4.74 Å². The third-order valence-corrected chi connectivity index (χ3v) is 3.63. The molecule has 1 aliphatic heterocycles. The van der Waals surface area contributed by atoms with Gasteiger partial charge in [0.25, 0.3) is 0 Å². The summed E-state index contributed by atoms with van der Waals surface area (Å²) < 4.78 is 32.5. The van der Waals surface area contributed by atoms with E-state index in [1.54, 1.807) is 20.8 Å². The van der Waals surface area contributed by atoms with Crippen LogP contribution in [0.2, 0.25) is 0 Å². The molecule has 0 N–H and O–H groups in total. The summed E-state index contributed by atoms with van der Waals surface area (Å²) >= 11 is 0. The van der Waals surface area contributed by atoms with Crippen LogP contribution in [0.3, 0.4) is 0 Å². The lowest BCUT2D eigenvalue weighted by molar-refractivity contribution is -0.130. The van der Waals surface area contributed by atoms with E-state index in [4.69, 9.17) is 10.00 Å². The Morgan fingerprint density at radius 3 is 2.46 bits per heavy atom. The second kappa shape index (κ2) is 6.56. The Kier molecular flexibility index (Phi) is 4.88. The van der Waals surface area contributed by atoms with Gasteiger partial charge in [-0.1, -0.05) is 0 Å². The van der Waals surface area contributed by atoms with Gasteiger partial charge in [-0.15, -0.1) is 0 Å². The standard InChI is InChI=1S/C17H18F2N2O3/c1-17(2,3)24-16(23)21-5-4-11(15(21)22)6-10-7-13(18)12(9-20)14(19)8-10/h7-8,11H,4-6H2,1-3H3. The van der Waals surface area contributed by atoms with E-state index in [9.17, 15) is 18.4 Å². The number of hydrogen-bond acceptors (Lipinski definition) is 4. The lowest BCUT2D eigenvalue weighted by Crippen LogP contribution is -2.38. The number of carbonyl (C=O) groups is 2. The van der Waals surface area contributed by atoms with Crippen LogP contribution >= 0.6 is 0 Å². The van der Waals surface area contributed by atoms with Crippen molar-refractivity contribution in [1.29, 1.82) is 5.26 Å². The van der Waals surface area contributed by atoms with Crippen molar-refractivity contribution in [1.82, 2.24) is 4.90 Å². The fraction of sp³-hybridized carbons (Fsp3) is 0.471. The molecular weight excluding hydrogens is 318 g/mol. The molecule has 7 heteroatoms. The maximum absolute atomic E-state index is 13.6. The van der Waals surface area contributed by atoms with E-state index in [2.05, 4.69) is 0 Å². The normalized spacial score (nSPS) is 17.8. The summed E-state index contributed by atoms with van der Waals surface area (Å²) in [6.45, 7) is 5.31. The van der Waals surface area contributed by atoms with Crippen molar-refractivity contribution in [3.8, 4) is 6.07 Å². The molecule has 128 valence electrons. The van der Waals surface area contributed by atoms with Crippen LogP contribution in [0.4, 0.5) is 13.6 Å². The van der Waals surface area contributed by atoms with Crippen LogP contribution in [0.15, 0.2) is 12.1 Å². The Labute approximate surface area is 138 Å². The zero-order chi connectivity index (χ0) is 18.1. The van der Waals surface area contributed by atoms with Crippen molar-refractivity contribution < 1.29 is 23.1 Å². The Bertz CT molecular complexity index is 697. The van der Waals surface area contributed by atoms with Crippen LogP contribution in [-0.4, -0.2) is 29.0 Å². The van der Waals surface area contributed by atoms with Gasteiger partial charge in [0.15, 0.2) is 0 Å². The summed E-state index contributed by atoms with van der Waals surface area (Å²) in [4.78, 5) is 25.3. The number of halogens is 2. The monoisotopic (exact) mass is 336 g/mol. The number of imide groups is 1. The van der Waals surface area contributed by atoms with E-state index in [1.165, 1.54) is 6.07 Å². The Morgan fingerprint density at radius 2 is 1.96 bits per heavy atom. The highest BCUT2D eigenvalue weighted by Gasteiger charge is 2.37. The zero-order valence-corrected chi connectivity index (χ0v) is 13.7. The molecule has 0 spiro atoms. The molecule has 0 saturated carbocycles. The number of benzene rings is 1. The Hall–Kier alpha value is -2.49. The number of ether oxygens (including phenoxy) is 1. The fourth-order valence-corrected chi connectivity index (χ4v) is 2.56. The average Bonchev–Trinajstić information content (AvgIpc) is 2.78. The molecule has 1 heterocycles. The quantitative estimate of drug-likeness (QED) is 0.832. The van der Waals surface area contributed by atoms with E-state index in [0.29, 0.717) is 6.42 Å². The van der Waals surface area contributed by atoms with E-state index in [0.717, 1.165) is 17.0 Å². The average molecular weight is 336 g/mol. The number of hydrogen-bond donors (Lipinski definition) is 0. The summed E-state index contributed by atoms with van der Waals surface area (Å²) in [5.74, 6) is -2.89. The van der Waals surface area contributed by atoms with Gasteiger partial charge in [-0.05, 0) is 51.3 Å². The largest absolute Gasteiger partial charge is 0.443 e.